The maximum Gasteiger partial charge on any atom is 0.339 e. The maximum absolute atomic E-state index is 12.1. The Morgan fingerprint density at radius 2 is 2.10 bits per heavy atom. The van der Waals surface area contributed by atoms with Crippen molar-refractivity contribution in [1.82, 2.24) is 0 Å². The molecule has 1 heterocycles. The van der Waals surface area contributed by atoms with Gasteiger partial charge in [-0.15, -0.1) is 0 Å². The van der Waals surface area contributed by atoms with Gasteiger partial charge in [0.25, 0.3) is 0 Å². The molecule has 1 aromatic rings. The van der Waals surface area contributed by atoms with E-state index in [1.54, 1.807) is 12.1 Å². The highest BCUT2D eigenvalue weighted by molar-refractivity contribution is 5.89. The molecule has 0 amide bonds. The van der Waals surface area contributed by atoms with Crippen molar-refractivity contribution in [3.8, 4) is 11.8 Å². The van der Waals surface area contributed by atoms with Crippen LogP contribution < -0.4 is 0 Å². The second-order valence-electron chi connectivity index (χ2n) is 6.26. The summed E-state index contributed by atoms with van der Waals surface area (Å²) in [6.45, 7) is 3.63. The molecule has 0 spiro atoms. The van der Waals surface area contributed by atoms with Crippen LogP contribution in [-0.4, -0.2) is 23.3 Å². The Hall–Kier alpha value is -1.79. The first-order valence-electron chi connectivity index (χ1n) is 7.51. The molecule has 0 bridgehead atoms. The molecule has 3 heteroatoms. The summed E-state index contributed by atoms with van der Waals surface area (Å²) in [7, 11) is 0. The molecule has 0 radical (unpaired) electrons. The van der Waals surface area contributed by atoms with Crippen LogP contribution >= 0.6 is 0 Å². The number of carbonyl (C=O) groups excluding carboxylic acids is 1. The smallest absolute Gasteiger partial charge is 0.339 e. The van der Waals surface area contributed by atoms with Gasteiger partial charge in [0.1, 0.15) is 0 Å². The predicted molar refractivity (Wildman–Crippen MR) is 79.8 cm³/mol. The Kier molecular flexibility index (Phi) is 3.51. The largest absolute Gasteiger partial charge is 0.443 e. The van der Waals surface area contributed by atoms with Crippen LogP contribution in [-0.2, 0) is 9.47 Å². The second-order valence-corrected chi connectivity index (χ2v) is 6.26. The minimum Gasteiger partial charge on any atom is -0.443 e. The van der Waals surface area contributed by atoms with E-state index in [4.69, 9.17) is 9.47 Å². The minimum atomic E-state index is -0.810. The molecule has 2 unspecified atom stereocenters. The van der Waals surface area contributed by atoms with E-state index in [2.05, 4.69) is 11.8 Å². The third-order valence-corrected chi connectivity index (χ3v) is 4.01. The van der Waals surface area contributed by atoms with E-state index in [0.29, 0.717) is 11.7 Å². The van der Waals surface area contributed by atoms with Crippen LogP contribution in [0, 0.1) is 11.8 Å². The molecule has 1 saturated heterocycles. The number of rotatable bonds is 2. The summed E-state index contributed by atoms with van der Waals surface area (Å²) in [5.74, 6) is 5.97. The lowest BCUT2D eigenvalue weighted by Crippen LogP contribution is -2.27. The molecular weight excluding hydrogens is 264 g/mol. The average Bonchev–Trinajstić information content (AvgIpc) is 3.21. The van der Waals surface area contributed by atoms with Crippen LogP contribution in [0.1, 0.15) is 49.9 Å². The second kappa shape index (κ2) is 5.20. The summed E-state index contributed by atoms with van der Waals surface area (Å²) < 4.78 is 11.2. The zero-order chi connectivity index (χ0) is 14.9. The maximum atomic E-state index is 12.1. The third kappa shape index (κ3) is 3.11. The lowest BCUT2D eigenvalue weighted by Gasteiger charge is -2.19. The quantitative estimate of drug-likeness (QED) is 0.475. The first-order chi connectivity index (χ1) is 10.0. The third-order valence-electron chi connectivity index (χ3n) is 4.01. The molecule has 110 valence electrons. The van der Waals surface area contributed by atoms with E-state index < -0.39 is 5.60 Å². The van der Waals surface area contributed by atoms with E-state index >= 15 is 0 Å². The number of hydrogen-bond donors (Lipinski definition) is 0. The topological polar surface area (TPSA) is 38.8 Å². The SMILES string of the molecule is CC(C)(C#CC12CCCCC1O2)OC(=O)c1ccccc1. The highest BCUT2D eigenvalue weighted by Gasteiger charge is 2.56. The van der Waals surface area contributed by atoms with Gasteiger partial charge < -0.3 is 9.47 Å². The molecule has 0 aromatic heterocycles. The average molecular weight is 284 g/mol. The molecular formula is C18H20O3. The van der Waals surface area contributed by atoms with E-state index in [1.807, 2.05) is 32.0 Å². The zero-order valence-corrected chi connectivity index (χ0v) is 12.5. The highest BCUT2D eigenvalue weighted by Crippen LogP contribution is 2.47. The molecule has 3 nitrogen and oxygen atoms in total. The molecule has 3 rings (SSSR count). The normalized spacial score (nSPS) is 27.0. The van der Waals surface area contributed by atoms with Gasteiger partial charge in [-0.3, -0.25) is 0 Å². The van der Waals surface area contributed by atoms with Gasteiger partial charge in [-0.25, -0.2) is 4.79 Å². The molecule has 2 aliphatic rings. The van der Waals surface area contributed by atoms with E-state index in [0.717, 1.165) is 19.3 Å². The molecule has 1 aliphatic heterocycles. The van der Waals surface area contributed by atoms with Crippen LogP contribution in [0.3, 0.4) is 0 Å². The van der Waals surface area contributed by atoms with Crippen molar-refractivity contribution in [3.63, 3.8) is 0 Å². The Morgan fingerprint density at radius 1 is 1.33 bits per heavy atom. The molecule has 21 heavy (non-hydrogen) atoms. The first kappa shape index (κ1) is 14.2. The Bertz CT molecular complexity index is 594. The van der Waals surface area contributed by atoms with Crippen LogP contribution in [0.15, 0.2) is 30.3 Å². The number of epoxide rings is 1. The van der Waals surface area contributed by atoms with E-state index in [1.165, 1.54) is 6.42 Å². The lowest BCUT2D eigenvalue weighted by atomic mass is 9.89. The standard InChI is InChI=1S/C18H20O3/c1-17(2,21-16(19)14-8-4-3-5-9-14)12-13-18-11-7-6-10-15(18)20-18/h3-5,8-9,15H,6-7,10-11H2,1-2H3. The number of carbonyl (C=O) groups is 1. The summed E-state index contributed by atoms with van der Waals surface area (Å²) in [6, 6.07) is 8.99. The number of fused-ring (bicyclic) bond motifs is 1. The van der Waals surface area contributed by atoms with Gasteiger partial charge in [0.15, 0.2) is 11.2 Å². The van der Waals surface area contributed by atoms with Crippen LogP contribution in [0.2, 0.25) is 0 Å². The molecule has 2 fully saturated rings. The molecule has 1 aliphatic carbocycles. The van der Waals surface area contributed by atoms with Gasteiger partial charge in [0, 0.05) is 0 Å². The lowest BCUT2D eigenvalue weighted by molar-refractivity contribution is 0.0203. The van der Waals surface area contributed by atoms with Crippen LogP contribution in [0.25, 0.3) is 0 Å². The fourth-order valence-corrected chi connectivity index (χ4v) is 2.77. The molecule has 1 aromatic carbocycles. The van der Waals surface area contributed by atoms with Gasteiger partial charge in [0.05, 0.1) is 11.7 Å². The zero-order valence-electron chi connectivity index (χ0n) is 12.5. The number of esters is 1. The van der Waals surface area contributed by atoms with Crippen LogP contribution in [0.4, 0.5) is 0 Å². The predicted octanol–water partition coefficient (Wildman–Crippen LogP) is 3.34. The van der Waals surface area contributed by atoms with Crippen molar-refractivity contribution >= 4 is 5.97 Å². The van der Waals surface area contributed by atoms with Crippen molar-refractivity contribution in [1.29, 1.82) is 0 Å². The summed E-state index contributed by atoms with van der Waals surface area (Å²) in [5, 5.41) is 0. The van der Waals surface area contributed by atoms with Gasteiger partial charge in [-0.05, 0) is 45.2 Å². The molecule has 2 atom stereocenters. The Balaban J connectivity index is 1.66. The first-order valence-corrected chi connectivity index (χ1v) is 7.51. The van der Waals surface area contributed by atoms with Crippen molar-refractivity contribution in [3.05, 3.63) is 35.9 Å². The fraction of sp³-hybridized carbons (Fsp3) is 0.500. The van der Waals surface area contributed by atoms with Crippen molar-refractivity contribution < 1.29 is 14.3 Å². The minimum absolute atomic E-state index is 0.255. The molecule has 1 saturated carbocycles. The van der Waals surface area contributed by atoms with Crippen LogP contribution in [0.5, 0.6) is 0 Å². The highest BCUT2D eigenvalue weighted by atomic mass is 16.6. The van der Waals surface area contributed by atoms with Crippen molar-refractivity contribution in [2.24, 2.45) is 0 Å². The summed E-state index contributed by atoms with van der Waals surface area (Å²) >= 11 is 0. The number of benzene rings is 1. The molecule has 0 N–H and O–H groups in total. The number of ether oxygens (including phenoxy) is 2. The fourth-order valence-electron chi connectivity index (χ4n) is 2.77. The van der Waals surface area contributed by atoms with Crippen molar-refractivity contribution in [2.45, 2.75) is 56.8 Å². The van der Waals surface area contributed by atoms with Gasteiger partial charge in [-0.1, -0.05) is 36.5 Å². The van der Waals surface area contributed by atoms with E-state index in [-0.39, 0.29) is 11.6 Å². The summed E-state index contributed by atoms with van der Waals surface area (Å²) in [6.07, 6.45) is 4.77. The Morgan fingerprint density at radius 3 is 2.81 bits per heavy atom. The summed E-state index contributed by atoms with van der Waals surface area (Å²) in [4.78, 5) is 12.1. The number of hydrogen-bond acceptors (Lipinski definition) is 3. The van der Waals surface area contributed by atoms with Crippen molar-refractivity contribution in [2.75, 3.05) is 0 Å². The summed E-state index contributed by atoms with van der Waals surface area (Å²) in [5.41, 5.74) is -0.520. The van der Waals surface area contributed by atoms with Gasteiger partial charge >= 0.3 is 5.97 Å². The monoisotopic (exact) mass is 284 g/mol. The van der Waals surface area contributed by atoms with Gasteiger partial charge in [-0.2, -0.15) is 0 Å². The Labute approximate surface area is 125 Å². The van der Waals surface area contributed by atoms with E-state index in [9.17, 15) is 4.79 Å². The van der Waals surface area contributed by atoms with Gasteiger partial charge in [0.2, 0.25) is 0 Å².